The number of nitrogens with one attached hydrogen (secondary N) is 1. The second-order valence-electron chi connectivity index (χ2n) is 9.40. The molecular weight excluding hydrogens is 464 g/mol. The van der Waals surface area contributed by atoms with Crippen molar-refractivity contribution in [3.8, 4) is 22.6 Å². The highest BCUT2D eigenvalue weighted by Gasteiger charge is 2.34. The smallest absolute Gasteiger partial charge is 0.245 e. The van der Waals surface area contributed by atoms with Crippen LogP contribution in [0.1, 0.15) is 37.3 Å². The fourth-order valence-electron chi connectivity index (χ4n) is 4.47. The maximum Gasteiger partial charge on any atom is 0.245 e. The van der Waals surface area contributed by atoms with Crippen LogP contribution in [0.2, 0.25) is 0 Å². The van der Waals surface area contributed by atoms with E-state index in [1.807, 2.05) is 0 Å². The number of hydrogen-bond acceptors (Lipinski definition) is 8. The van der Waals surface area contributed by atoms with Crippen molar-refractivity contribution in [2.75, 3.05) is 13.6 Å². The number of nitrogens with zero attached hydrogens (tertiary/aromatic N) is 1. The van der Waals surface area contributed by atoms with E-state index in [0.29, 0.717) is 22.3 Å². The molecule has 0 radical (unpaired) electrons. The Labute approximate surface area is 209 Å². The molecule has 0 saturated carbocycles. The van der Waals surface area contributed by atoms with Crippen LogP contribution in [-0.2, 0) is 20.8 Å². The summed E-state index contributed by atoms with van der Waals surface area (Å²) in [7, 11) is 1.44. The number of fused-ring (bicyclic) bond motifs is 5. The van der Waals surface area contributed by atoms with Gasteiger partial charge in [-0.2, -0.15) is 0 Å². The molecule has 5 atom stereocenters. The van der Waals surface area contributed by atoms with E-state index in [4.69, 9.17) is 11.5 Å². The number of likely N-dealkylation sites (N-methyl/N-ethyl adjacent to an activating group) is 1. The van der Waals surface area contributed by atoms with Gasteiger partial charge in [-0.05, 0) is 53.4 Å². The first-order valence-electron chi connectivity index (χ1n) is 11.8. The molecule has 0 aliphatic carbocycles. The number of carbonyl (C=O) groups excluding carboxylic acids is 3. The third kappa shape index (κ3) is 5.67. The Balaban J connectivity index is 2.18. The first-order valence-corrected chi connectivity index (χ1v) is 11.8. The highest BCUT2D eigenvalue weighted by Crippen LogP contribution is 2.34. The maximum absolute atomic E-state index is 13.5. The molecule has 0 fully saturated rings. The lowest BCUT2D eigenvalue weighted by atomic mass is 9.89. The second kappa shape index (κ2) is 11.1. The van der Waals surface area contributed by atoms with Gasteiger partial charge in [0.1, 0.15) is 17.5 Å². The minimum Gasteiger partial charge on any atom is -0.508 e. The first kappa shape index (κ1) is 27.1. The van der Waals surface area contributed by atoms with Crippen molar-refractivity contribution in [1.82, 2.24) is 10.2 Å². The number of Topliss-reactive ketones (excluding diaryl/α,β-unsaturated/α-hetero) is 1. The summed E-state index contributed by atoms with van der Waals surface area (Å²) in [5.74, 6) is -2.29. The zero-order valence-electron chi connectivity index (χ0n) is 20.6. The molecule has 10 heteroatoms. The van der Waals surface area contributed by atoms with Crippen molar-refractivity contribution < 1.29 is 29.7 Å². The predicted octanol–water partition coefficient (Wildman–Crippen LogP) is 0.362. The van der Waals surface area contributed by atoms with Gasteiger partial charge in [0.2, 0.25) is 11.8 Å². The van der Waals surface area contributed by atoms with Gasteiger partial charge in [-0.3, -0.25) is 14.4 Å². The molecule has 4 bridgehead atoms. The summed E-state index contributed by atoms with van der Waals surface area (Å²) in [6.07, 6.45) is -1.24. The van der Waals surface area contributed by atoms with Crippen LogP contribution in [0.15, 0.2) is 36.4 Å². The van der Waals surface area contributed by atoms with Crippen LogP contribution >= 0.6 is 0 Å². The second-order valence-corrected chi connectivity index (χ2v) is 9.40. The Morgan fingerprint density at radius 3 is 2.36 bits per heavy atom. The van der Waals surface area contributed by atoms with Gasteiger partial charge in [0.15, 0.2) is 5.78 Å². The molecule has 8 N–H and O–H groups in total. The average Bonchev–Trinajstić information content (AvgIpc) is 2.85. The molecule has 1 aliphatic heterocycles. The summed E-state index contributed by atoms with van der Waals surface area (Å²) in [6.45, 7) is 2.89. The molecular formula is C26H34N4O6. The molecule has 0 spiro atoms. The summed E-state index contributed by atoms with van der Waals surface area (Å²) >= 11 is 0. The molecule has 1 heterocycles. The summed E-state index contributed by atoms with van der Waals surface area (Å²) in [4.78, 5) is 40.4. The number of aliphatic hydroxyl groups is 1. The number of amides is 2. The molecule has 194 valence electrons. The third-order valence-corrected chi connectivity index (χ3v) is 6.86. The van der Waals surface area contributed by atoms with E-state index in [9.17, 15) is 29.7 Å². The van der Waals surface area contributed by atoms with Gasteiger partial charge in [0.05, 0.1) is 18.2 Å². The molecule has 1 aliphatic rings. The van der Waals surface area contributed by atoms with Crippen molar-refractivity contribution in [1.29, 1.82) is 0 Å². The van der Waals surface area contributed by atoms with Gasteiger partial charge in [-0.25, -0.2) is 0 Å². The van der Waals surface area contributed by atoms with Crippen LogP contribution < -0.4 is 16.8 Å². The van der Waals surface area contributed by atoms with Gasteiger partial charge in [0.25, 0.3) is 0 Å². The van der Waals surface area contributed by atoms with Gasteiger partial charge in [-0.1, -0.05) is 19.1 Å². The van der Waals surface area contributed by atoms with Gasteiger partial charge in [-0.15, -0.1) is 0 Å². The summed E-state index contributed by atoms with van der Waals surface area (Å²) in [5, 5.41) is 33.8. The standard InChI is InChI=1S/C26H34N4O6/c1-13-19-9-16(5-7-23(19)34)15-4-6-22(33)17(8-15)10-21(14(2)31)30(3)26(36)20(11-18(32)12-27)29-25(35)24(13)28/h4-9,13,18,20-21,24,32-34H,10-12,27-28H2,1-3H3,(H,29,35)/t13-,18+,20-,21-,24-/m0/s1. The van der Waals surface area contributed by atoms with Gasteiger partial charge >= 0.3 is 0 Å². The van der Waals surface area contributed by atoms with E-state index in [1.165, 1.54) is 31.0 Å². The van der Waals surface area contributed by atoms with Gasteiger partial charge in [0, 0.05) is 32.4 Å². The highest BCUT2D eigenvalue weighted by molar-refractivity contribution is 5.93. The van der Waals surface area contributed by atoms with E-state index in [1.54, 1.807) is 31.2 Å². The van der Waals surface area contributed by atoms with E-state index in [0.717, 1.165) is 0 Å². The normalized spacial score (nSPS) is 23.9. The zero-order valence-corrected chi connectivity index (χ0v) is 20.6. The number of phenols is 2. The molecule has 0 saturated heterocycles. The minimum atomic E-state index is -1.20. The largest absolute Gasteiger partial charge is 0.508 e. The van der Waals surface area contributed by atoms with Crippen molar-refractivity contribution in [2.24, 2.45) is 11.5 Å². The Morgan fingerprint density at radius 1 is 1.14 bits per heavy atom. The molecule has 0 unspecified atom stereocenters. The molecule has 2 amide bonds. The van der Waals surface area contributed by atoms with Gasteiger partial charge < -0.3 is 37.0 Å². The summed E-state index contributed by atoms with van der Waals surface area (Å²) in [5.41, 5.74) is 14.1. The van der Waals surface area contributed by atoms with Crippen LogP contribution in [0.4, 0.5) is 0 Å². The maximum atomic E-state index is 13.5. The van der Waals surface area contributed by atoms with Crippen LogP contribution in [0.25, 0.3) is 11.1 Å². The van der Waals surface area contributed by atoms with E-state index in [2.05, 4.69) is 5.32 Å². The fraction of sp³-hybridized carbons (Fsp3) is 0.423. The highest BCUT2D eigenvalue weighted by atomic mass is 16.3. The number of rotatable bonds is 4. The summed E-state index contributed by atoms with van der Waals surface area (Å²) in [6, 6.07) is 6.58. The number of hydrogen-bond donors (Lipinski definition) is 6. The Bertz CT molecular complexity index is 1150. The molecule has 2 aromatic rings. The monoisotopic (exact) mass is 498 g/mol. The van der Waals surface area contributed by atoms with Crippen molar-refractivity contribution in [3.63, 3.8) is 0 Å². The van der Waals surface area contributed by atoms with Crippen molar-refractivity contribution >= 4 is 17.6 Å². The van der Waals surface area contributed by atoms with E-state index in [-0.39, 0.29) is 36.7 Å². The van der Waals surface area contributed by atoms with Crippen LogP contribution in [0.5, 0.6) is 11.5 Å². The first-order chi connectivity index (χ1) is 16.9. The predicted molar refractivity (Wildman–Crippen MR) is 134 cm³/mol. The fourth-order valence-corrected chi connectivity index (χ4v) is 4.47. The van der Waals surface area contributed by atoms with Crippen LogP contribution in [0.3, 0.4) is 0 Å². The number of benzene rings is 2. The molecule has 3 rings (SSSR count). The number of aliphatic hydroxyl groups excluding tert-OH is 1. The number of carbonyl (C=O) groups is 3. The van der Waals surface area contributed by atoms with Crippen LogP contribution in [-0.4, -0.2) is 75.6 Å². The van der Waals surface area contributed by atoms with Crippen molar-refractivity contribution in [3.05, 3.63) is 47.5 Å². The Hall–Kier alpha value is -3.47. The molecule has 2 aromatic carbocycles. The lowest BCUT2D eigenvalue weighted by Crippen LogP contribution is -2.56. The third-order valence-electron chi connectivity index (χ3n) is 6.86. The van der Waals surface area contributed by atoms with E-state index >= 15 is 0 Å². The van der Waals surface area contributed by atoms with Crippen LogP contribution in [0, 0.1) is 0 Å². The molecule has 0 aromatic heterocycles. The number of aromatic hydroxyl groups is 2. The number of ketones is 1. The lowest BCUT2D eigenvalue weighted by Gasteiger charge is -2.32. The summed E-state index contributed by atoms with van der Waals surface area (Å²) < 4.78 is 0. The number of phenolic OH excluding ortho intramolecular Hbond substituents is 2. The van der Waals surface area contributed by atoms with E-state index < -0.39 is 42.0 Å². The Kier molecular flexibility index (Phi) is 8.34. The quantitative estimate of drug-likeness (QED) is 0.350. The minimum absolute atomic E-state index is 0.0260. The zero-order chi connectivity index (χ0) is 26.7. The average molecular weight is 499 g/mol. The molecule has 36 heavy (non-hydrogen) atoms. The Morgan fingerprint density at radius 2 is 1.75 bits per heavy atom. The SMILES string of the molecule is CC(=O)[C@@H]1Cc2cc(ccc2O)-c2ccc(O)c(c2)[C@H](C)[C@H](N)C(=O)N[C@@H](C[C@@H](O)CN)C(=O)N1C. The lowest BCUT2D eigenvalue weighted by molar-refractivity contribution is -0.141. The topological polar surface area (TPSA) is 179 Å². The van der Waals surface area contributed by atoms with Crippen molar-refractivity contribution in [2.45, 2.75) is 56.8 Å². The molecule has 10 nitrogen and oxygen atoms in total. The number of nitrogens with two attached hydrogens (primary N) is 2.